The van der Waals surface area contributed by atoms with Crippen molar-refractivity contribution in [3.05, 3.63) is 52.1 Å². The average molecular weight is 448 g/mol. The van der Waals surface area contributed by atoms with Gasteiger partial charge in [-0.25, -0.2) is 12.8 Å². The Labute approximate surface area is 149 Å². The van der Waals surface area contributed by atoms with E-state index in [9.17, 15) is 12.8 Å². The molecule has 0 saturated heterocycles. The maximum Gasteiger partial charge on any atom is 0.242 e. The molecule has 2 aliphatic rings. The molecule has 0 unspecified atom stereocenters. The van der Waals surface area contributed by atoms with Gasteiger partial charge in [0.2, 0.25) is 10.0 Å². The van der Waals surface area contributed by atoms with E-state index in [-0.39, 0.29) is 12.5 Å². The summed E-state index contributed by atoms with van der Waals surface area (Å²) in [5.74, 6) is -0.351. The van der Waals surface area contributed by atoms with Crippen molar-refractivity contribution < 1.29 is 12.8 Å². The number of benzene rings is 1. The molecule has 7 heteroatoms. The Morgan fingerprint density at radius 1 is 1.43 bits per heavy atom. The van der Waals surface area contributed by atoms with Crippen LogP contribution in [0.4, 0.5) is 10.1 Å². The van der Waals surface area contributed by atoms with Crippen LogP contribution in [0.3, 0.4) is 0 Å². The molecule has 23 heavy (non-hydrogen) atoms. The molecule has 0 N–H and O–H groups in total. The lowest BCUT2D eigenvalue weighted by atomic mass is 10.2. The van der Waals surface area contributed by atoms with E-state index in [0.717, 1.165) is 3.57 Å². The van der Waals surface area contributed by atoms with Gasteiger partial charge in [-0.05, 0) is 67.0 Å². The molecule has 1 aromatic carbocycles. The summed E-state index contributed by atoms with van der Waals surface area (Å²) >= 11 is 2.05. The lowest BCUT2D eigenvalue weighted by Gasteiger charge is -2.26. The van der Waals surface area contributed by atoms with Crippen LogP contribution in [0.5, 0.6) is 0 Å². The van der Waals surface area contributed by atoms with Gasteiger partial charge in [-0.3, -0.25) is 4.31 Å². The highest BCUT2D eigenvalue weighted by molar-refractivity contribution is 14.1. The van der Waals surface area contributed by atoms with Crippen LogP contribution in [-0.4, -0.2) is 24.1 Å². The van der Waals surface area contributed by atoms with Crippen molar-refractivity contribution in [2.24, 2.45) is 0 Å². The molecule has 1 fully saturated rings. The first kappa shape index (κ1) is 16.8. The molecule has 1 aromatic rings. The Bertz CT molecular complexity index is 787. The standard InChI is InChI=1S/C16H18FIN2O2S/c1-3-6-16(7-8-16)23(21,22)19-10-12(2)20(11-19)15-5-4-13(18)9-14(15)17/h3-5,9-10H,1,6-8,11H2,2H3. The number of rotatable bonds is 5. The molecule has 124 valence electrons. The molecule has 3 rings (SSSR count). The second-order valence-corrected chi connectivity index (χ2v) is 9.53. The second kappa shape index (κ2) is 5.77. The SMILES string of the molecule is C=CCC1(S(=O)(=O)N2C=C(C)N(c3ccc(I)cc3F)C2)CC1. The smallest absolute Gasteiger partial charge is 0.242 e. The Kier molecular flexibility index (Phi) is 4.20. The largest absolute Gasteiger partial charge is 0.322 e. The second-order valence-electron chi connectivity index (χ2n) is 6.00. The van der Waals surface area contributed by atoms with Crippen molar-refractivity contribution in [2.75, 3.05) is 11.6 Å². The van der Waals surface area contributed by atoms with Crippen LogP contribution in [0.15, 0.2) is 42.8 Å². The third-order valence-corrected chi connectivity index (χ3v) is 7.60. The van der Waals surface area contributed by atoms with Crippen molar-refractivity contribution in [1.29, 1.82) is 0 Å². The summed E-state index contributed by atoms with van der Waals surface area (Å²) in [6, 6.07) is 4.94. The third kappa shape index (κ3) is 2.77. The molecule has 1 saturated carbocycles. The predicted molar refractivity (Wildman–Crippen MR) is 97.8 cm³/mol. The quantitative estimate of drug-likeness (QED) is 0.508. The fourth-order valence-corrected chi connectivity index (χ4v) is 5.36. The Balaban J connectivity index is 1.88. The van der Waals surface area contributed by atoms with Crippen molar-refractivity contribution >= 4 is 38.3 Å². The monoisotopic (exact) mass is 448 g/mol. The molecular formula is C16H18FIN2O2S. The van der Waals surface area contributed by atoms with Gasteiger partial charge in [-0.1, -0.05) is 6.08 Å². The van der Waals surface area contributed by atoms with Crippen LogP contribution in [0.1, 0.15) is 26.2 Å². The zero-order chi connectivity index (χ0) is 16.8. The highest BCUT2D eigenvalue weighted by Crippen LogP contribution is 2.49. The normalized spacial score (nSPS) is 19.7. The molecule has 0 amide bonds. The molecule has 0 spiro atoms. The maximum absolute atomic E-state index is 14.2. The number of allylic oxidation sites excluding steroid dienone is 2. The molecule has 1 aliphatic heterocycles. The summed E-state index contributed by atoms with van der Waals surface area (Å²) in [6.45, 7) is 5.57. The minimum absolute atomic E-state index is 0.116. The Hall–Kier alpha value is -1.09. The molecule has 0 atom stereocenters. The summed E-state index contributed by atoms with van der Waals surface area (Å²) in [7, 11) is -3.46. The van der Waals surface area contributed by atoms with Gasteiger partial charge in [0.15, 0.2) is 0 Å². The number of sulfonamides is 1. The zero-order valence-electron chi connectivity index (χ0n) is 12.8. The van der Waals surface area contributed by atoms with E-state index in [4.69, 9.17) is 0 Å². The van der Waals surface area contributed by atoms with Gasteiger partial charge in [0.25, 0.3) is 0 Å². The van der Waals surface area contributed by atoms with E-state index in [1.807, 2.05) is 28.7 Å². The number of nitrogens with zero attached hydrogens (tertiary/aromatic N) is 2. The Morgan fingerprint density at radius 2 is 2.13 bits per heavy atom. The van der Waals surface area contributed by atoms with Gasteiger partial charge < -0.3 is 4.90 Å². The van der Waals surface area contributed by atoms with Crippen molar-refractivity contribution in [3.8, 4) is 0 Å². The van der Waals surface area contributed by atoms with Crippen molar-refractivity contribution in [2.45, 2.75) is 30.9 Å². The minimum Gasteiger partial charge on any atom is -0.322 e. The lowest BCUT2D eigenvalue weighted by Crippen LogP contribution is -2.39. The van der Waals surface area contributed by atoms with Gasteiger partial charge >= 0.3 is 0 Å². The molecule has 1 aliphatic carbocycles. The summed E-state index contributed by atoms with van der Waals surface area (Å²) < 4.78 is 41.4. The van der Waals surface area contributed by atoms with Gasteiger partial charge in [-0.15, -0.1) is 6.58 Å². The van der Waals surface area contributed by atoms with Crippen LogP contribution in [0.25, 0.3) is 0 Å². The number of anilines is 1. The van der Waals surface area contributed by atoms with Crippen LogP contribution < -0.4 is 4.90 Å². The van der Waals surface area contributed by atoms with Gasteiger partial charge in [0.05, 0.1) is 10.4 Å². The lowest BCUT2D eigenvalue weighted by molar-refractivity contribution is 0.496. The van der Waals surface area contributed by atoms with E-state index in [1.165, 1.54) is 10.4 Å². The predicted octanol–water partition coefficient (Wildman–Crippen LogP) is 3.81. The molecule has 0 aromatic heterocycles. The summed E-state index contributed by atoms with van der Waals surface area (Å²) in [4.78, 5) is 1.69. The Morgan fingerprint density at radius 3 is 2.70 bits per heavy atom. The third-order valence-electron chi connectivity index (χ3n) is 4.42. The summed E-state index contributed by atoms with van der Waals surface area (Å²) in [6.07, 6.45) is 5.02. The van der Waals surface area contributed by atoms with E-state index < -0.39 is 14.8 Å². The van der Waals surface area contributed by atoms with Crippen molar-refractivity contribution in [1.82, 2.24) is 4.31 Å². The maximum atomic E-state index is 14.2. The molecular weight excluding hydrogens is 430 g/mol. The zero-order valence-corrected chi connectivity index (χ0v) is 15.8. The van der Waals surface area contributed by atoms with Gasteiger partial charge in [0.1, 0.15) is 12.5 Å². The van der Waals surface area contributed by atoms with Crippen LogP contribution in [0.2, 0.25) is 0 Å². The fourth-order valence-electron chi connectivity index (χ4n) is 2.90. The van der Waals surface area contributed by atoms with Crippen molar-refractivity contribution in [3.63, 3.8) is 0 Å². The highest BCUT2D eigenvalue weighted by atomic mass is 127. The van der Waals surface area contributed by atoms with E-state index >= 15 is 0 Å². The number of halogens is 2. The summed E-state index contributed by atoms with van der Waals surface area (Å²) in [5, 5.41) is 0. The fraction of sp³-hybridized carbons (Fsp3) is 0.375. The first-order valence-electron chi connectivity index (χ1n) is 7.34. The number of hydrogen-bond acceptors (Lipinski definition) is 3. The van der Waals surface area contributed by atoms with Gasteiger partial charge in [0, 0.05) is 15.5 Å². The average Bonchev–Trinajstić information content (AvgIpc) is 3.16. The highest BCUT2D eigenvalue weighted by Gasteiger charge is 2.56. The first-order valence-corrected chi connectivity index (χ1v) is 9.86. The molecule has 4 nitrogen and oxygen atoms in total. The molecule has 0 bridgehead atoms. The van der Waals surface area contributed by atoms with E-state index in [0.29, 0.717) is 30.6 Å². The van der Waals surface area contributed by atoms with Crippen LogP contribution in [0, 0.1) is 9.39 Å². The van der Waals surface area contributed by atoms with Gasteiger partial charge in [-0.2, -0.15) is 0 Å². The molecule has 1 heterocycles. The minimum atomic E-state index is -3.46. The number of hydrogen-bond donors (Lipinski definition) is 0. The van der Waals surface area contributed by atoms with Crippen LogP contribution in [-0.2, 0) is 10.0 Å². The van der Waals surface area contributed by atoms with E-state index in [2.05, 4.69) is 6.58 Å². The van der Waals surface area contributed by atoms with Crippen LogP contribution >= 0.6 is 22.6 Å². The van der Waals surface area contributed by atoms with E-state index in [1.54, 1.807) is 30.2 Å². The molecule has 0 radical (unpaired) electrons. The summed E-state index contributed by atoms with van der Waals surface area (Å²) in [5.41, 5.74) is 1.11. The first-order chi connectivity index (χ1) is 10.8. The topological polar surface area (TPSA) is 40.6 Å².